The summed E-state index contributed by atoms with van der Waals surface area (Å²) in [5.41, 5.74) is 6.34. The van der Waals surface area contributed by atoms with E-state index in [1.807, 2.05) is 0 Å². The highest BCUT2D eigenvalue weighted by molar-refractivity contribution is 5.78. The molecule has 17 heavy (non-hydrogen) atoms. The predicted octanol–water partition coefficient (Wildman–Crippen LogP) is 1.27. The zero-order chi connectivity index (χ0) is 12.5. The minimum absolute atomic E-state index is 0.189. The molecule has 1 aliphatic carbocycles. The molecule has 2 fully saturated rings. The van der Waals surface area contributed by atoms with Crippen molar-refractivity contribution in [2.24, 2.45) is 10.7 Å². The van der Waals surface area contributed by atoms with Crippen LogP contribution in [0.4, 0.5) is 0 Å². The van der Waals surface area contributed by atoms with Gasteiger partial charge in [-0.15, -0.1) is 0 Å². The first-order chi connectivity index (χ1) is 7.99. The van der Waals surface area contributed by atoms with Gasteiger partial charge in [0.2, 0.25) is 0 Å². The second-order valence-electron chi connectivity index (χ2n) is 6.08. The largest absolute Gasteiger partial charge is 0.370 e. The van der Waals surface area contributed by atoms with Crippen molar-refractivity contribution in [1.82, 2.24) is 9.80 Å². The number of likely N-dealkylation sites (N-methyl/N-ethyl adjacent to an activating group) is 1. The van der Waals surface area contributed by atoms with E-state index in [0.29, 0.717) is 6.04 Å². The lowest BCUT2D eigenvalue weighted by Crippen LogP contribution is -2.60. The van der Waals surface area contributed by atoms with Crippen molar-refractivity contribution in [2.75, 3.05) is 26.7 Å². The summed E-state index contributed by atoms with van der Waals surface area (Å²) < 4.78 is 0. The van der Waals surface area contributed by atoms with E-state index in [1.165, 1.54) is 25.7 Å². The first-order valence-corrected chi connectivity index (χ1v) is 6.78. The van der Waals surface area contributed by atoms with Crippen LogP contribution in [0.2, 0.25) is 0 Å². The van der Waals surface area contributed by atoms with Gasteiger partial charge < -0.3 is 10.6 Å². The highest BCUT2D eigenvalue weighted by atomic mass is 15.3. The number of hydrogen-bond donors (Lipinski definition) is 1. The van der Waals surface area contributed by atoms with Crippen LogP contribution >= 0.6 is 0 Å². The summed E-state index contributed by atoms with van der Waals surface area (Å²) in [6.45, 7) is 7.57. The van der Waals surface area contributed by atoms with Crippen molar-refractivity contribution in [2.45, 2.75) is 51.1 Å². The Balaban J connectivity index is 1.97. The number of rotatable bonds is 1. The van der Waals surface area contributed by atoms with Crippen molar-refractivity contribution >= 4 is 5.96 Å². The summed E-state index contributed by atoms with van der Waals surface area (Å²) in [6, 6.07) is 0.484. The minimum Gasteiger partial charge on any atom is -0.370 e. The molecule has 1 heterocycles. The van der Waals surface area contributed by atoms with Gasteiger partial charge in [-0.25, -0.2) is 4.99 Å². The van der Waals surface area contributed by atoms with Crippen LogP contribution in [-0.4, -0.2) is 54.0 Å². The Morgan fingerprint density at radius 1 is 1.24 bits per heavy atom. The lowest BCUT2D eigenvalue weighted by atomic mass is 10.00. The smallest absolute Gasteiger partial charge is 0.191 e. The topological polar surface area (TPSA) is 44.9 Å². The summed E-state index contributed by atoms with van der Waals surface area (Å²) in [4.78, 5) is 9.34. The number of nitrogens with zero attached hydrogens (tertiary/aromatic N) is 3. The van der Waals surface area contributed by atoms with E-state index >= 15 is 0 Å². The molecule has 0 amide bonds. The Hall–Kier alpha value is -0.770. The van der Waals surface area contributed by atoms with Crippen LogP contribution in [0.3, 0.4) is 0 Å². The maximum atomic E-state index is 6.15. The van der Waals surface area contributed by atoms with Gasteiger partial charge in [0.05, 0.1) is 6.04 Å². The fourth-order valence-corrected chi connectivity index (χ4v) is 2.74. The first-order valence-electron chi connectivity index (χ1n) is 6.78. The van der Waals surface area contributed by atoms with Gasteiger partial charge in [-0.2, -0.15) is 0 Å². The molecule has 0 spiro atoms. The predicted molar refractivity (Wildman–Crippen MR) is 72.2 cm³/mol. The molecule has 1 saturated carbocycles. The molecule has 0 bridgehead atoms. The highest BCUT2D eigenvalue weighted by Crippen LogP contribution is 2.22. The number of nitrogens with two attached hydrogens (primary N) is 1. The van der Waals surface area contributed by atoms with E-state index < -0.39 is 0 Å². The molecule has 2 N–H and O–H groups in total. The molecule has 0 aromatic rings. The third kappa shape index (κ3) is 2.92. The van der Waals surface area contributed by atoms with Gasteiger partial charge in [-0.3, -0.25) is 4.90 Å². The fourth-order valence-electron chi connectivity index (χ4n) is 2.74. The van der Waals surface area contributed by atoms with E-state index in [9.17, 15) is 0 Å². The van der Waals surface area contributed by atoms with E-state index in [0.717, 1.165) is 25.6 Å². The fraction of sp³-hybridized carbons (Fsp3) is 0.923. The Morgan fingerprint density at radius 2 is 1.88 bits per heavy atom. The standard InChI is InChI=1S/C13H26N4/c1-13(2)10-17(9-8-16(13)3)12(14)15-11-6-4-5-7-11/h11H,4-10H2,1-3H3,(H2,14,15). The van der Waals surface area contributed by atoms with Gasteiger partial charge in [0.1, 0.15) is 0 Å². The molecule has 1 aliphatic heterocycles. The third-order valence-corrected chi connectivity index (χ3v) is 4.28. The number of aliphatic imine (C=N–C) groups is 1. The molecular weight excluding hydrogens is 212 g/mol. The maximum Gasteiger partial charge on any atom is 0.191 e. The molecule has 98 valence electrons. The number of guanidine groups is 1. The second-order valence-corrected chi connectivity index (χ2v) is 6.08. The monoisotopic (exact) mass is 238 g/mol. The van der Waals surface area contributed by atoms with Gasteiger partial charge in [-0.05, 0) is 33.7 Å². The van der Waals surface area contributed by atoms with Crippen LogP contribution in [0.1, 0.15) is 39.5 Å². The molecule has 0 aromatic carbocycles. The molecule has 1 saturated heterocycles. The van der Waals surface area contributed by atoms with E-state index in [2.05, 4.69) is 30.7 Å². The Morgan fingerprint density at radius 3 is 2.47 bits per heavy atom. The van der Waals surface area contributed by atoms with E-state index in [-0.39, 0.29) is 5.54 Å². The molecule has 0 atom stereocenters. The van der Waals surface area contributed by atoms with Gasteiger partial charge in [0, 0.05) is 25.2 Å². The summed E-state index contributed by atoms with van der Waals surface area (Å²) in [6.07, 6.45) is 5.07. The SMILES string of the molecule is CN1CCN(C(N)=NC2CCCC2)CC1(C)C. The molecule has 4 nitrogen and oxygen atoms in total. The van der Waals surface area contributed by atoms with Crippen LogP contribution in [0.5, 0.6) is 0 Å². The van der Waals surface area contributed by atoms with E-state index in [1.54, 1.807) is 0 Å². The Labute approximate surface area is 105 Å². The van der Waals surface area contributed by atoms with Crippen molar-refractivity contribution in [1.29, 1.82) is 0 Å². The van der Waals surface area contributed by atoms with Crippen molar-refractivity contribution in [3.05, 3.63) is 0 Å². The Kier molecular flexibility index (Phi) is 3.61. The molecule has 0 aromatic heterocycles. The number of hydrogen-bond acceptors (Lipinski definition) is 2. The van der Waals surface area contributed by atoms with Crippen LogP contribution in [0.15, 0.2) is 4.99 Å². The average Bonchev–Trinajstić information content (AvgIpc) is 2.74. The Bertz CT molecular complexity index is 292. The number of piperazine rings is 1. The van der Waals surface area contributed by atoms with Gasteiger partial charge >= 0.3 is 0 Å². The second kappa shape index (κ2) is 4.84. The van der Waals surface area contributed by atoms with Crippen molar-refractivity contribution < 1.29 is 0 Å². The van der Waals surface area contributed by atoms with Crippen molar-refractivity contribution in [3.8, 4) is 0 Å². The molecule has 2 rings (SSSR count). The lowest BCUT2D eigenvalue weighted by Gasteiger charge is -2.45. The first kappa shape index (κ1) is 12.7. The van der Waals surface area contributed by atoms with Crippen LogP contribution < -0.4 is 5.73 Å². The highest BCUT2D eigenvalue weighted by Gasteiger charge is 2.32. The zero-order valence-corrected chi connectivity index (χ0v) is 11.4. The van der Waals surface area contributed by atoms with Crippen LogP contribution in [0.25, 0.3) is 0 Å². The zero-order valence-electron chi connectivity index (χ0n) is 11.4. The molecule has 0 radical (unpaired) electrons. The third-order valence-electron chi connectivity index (χ3n) is 4.28. The quantitative estimate of drug-likeness (QED) is 0.553. The maximum absolute atomic E-state index is 6.15. The summed E-state index contributed by atoms with van der Waals surface area (Å²) in [7, 11) is 2.18. The summed E-state index contributed by atoms with van der Waals surface area (Å²) >= 11 is 0. The summed E-state index contributed by atoms with van der Waals surface area (Å²) in [5.74, 6) is 0.762. The normalized spacial score (nSPS) is 27.7. The summed E-state index contributed by atoms with van der Waals surface area (Å²) in [5, 5.41) is 0. The average molecular weight is 238 g/mol. The van der Waals surface area contributed by atoms with Crippen LogP contribution in [0, 0.1) is 0 Å². The van der Waals surface area contributed by atoms with Gasteiger partial charge in [0.15, 0.2) is 5.96 Å². The van der Waals surface area contributed by atoms with Gasteiger partial charge in [-0.1, -0.05) is 12.8 Å². The lowest BCUT2D eigenvalue weighted by molar-refractivity contribution is 0.0736. The molecule has 4 heteroatoms. The van der Waals surface area contributed by atoms with Crippen molar-refractivity contribution in [3.63, 3.8) is 0 Å². The van der Waals surface area contributed by atoms with E-state index in [4.69, 9.17) is 10.7 Å². The minimum atomic E-state index is 0.189. The van der Waals surface area contributed by atoms with Crippen LogP contribution in [-0.2, 0) is 0 Å². The molecule has 0 unspecified atom stereocenters. The van der Waals surface area contributed by atoms with Gasteiger partial charge in [0.25, 0.3) is 0 Å². The molecule has 2 aliphatic rings. The molecular formula is C13H26N4.